The Morgan fingerprint density at radius 3 is 2.54 bits per heavy atom. The highest BCUT2D eigenvalue weighted by Crippen LogP contribution is 2.30. The number of fused-ring (bicyclic) bond motifs is 1. The molecule has 0 fully saturated rings. The Morgan fingerprint density at radius 1 is 1.05 bits per heavy atom. The standard InChI is InChI=1S/C29H31N3O5/c1-19(15-28(34)35)21-8-10-23(11-9-21)30-18-24(33)16-20-7-12-25(27(17-20)37-2)31-29(36)32-14-13-22-5-3-4-6-26(22)32/h3-12,17,19,30H,13-16,18H2,1-2H3,(H,31,36)(H,34,35). The number of ketones is 1. The van der Waals surface area contributed by atoms with E-state index in [9.17, 15) is 14.4 Å². The average molecular weight is 502 g/mol. The lowest BCUT2D eigenvalue weighted by molar-refractivity contribution is -0.137. The Hall–Kier alpha value is -4.33. The van der Waals surface area contributed by atoms with E-state index in [1.54, 1.807) is 17.0 Å². The van der Waals surface area contributed by atoms with Crippen LogP contribution in [0.2, 0.25) is 0 Å². The fourth-order valence-electron chi connectivity index (χ4n) is 4.48. The number of urea groups is 1. The van der Waals surface area contributed by atoms with E-state index in [2.05, 4.69) is 10.6 Å². The van der Waals surface area contributed by atoms with Gasteiger partial charge in [0, 0.05) is 24.3 Å². The molecule has 1 aliphatic heterocycles. The summed E-state index contributed by atoms with van der Waals surface area (Å²) in [4.78, 5) is 38.1. The summed E-state index contributed by atoms with van der Waals surface area (Å²) in [6, 6.07) is 20.4. The average Bonchev–Trinajstić information content (AvgIpc) is 3.32. The van der Waals surface area contributed by atoms with E-state index in [4.69, 9.17) is 9.84 Å². The van der Waals surface area contributed by atoms with Crippen molar-refractivity contribution in [2.75, 3.05) is 35.7 Å². The molecule has 3 aromatic carbocycles. The topological polar surface area (TPSA) is 108 Å². The molecule has 1 unspecified atom stereocenters. The van der Waals surface area contributed by atoms with Gasteiger partial charge >= 0.3 is 12.0 Å². The molecule has 37 heavy (non-hydrogen) atoms. The largest absolute Gasteiger partial charge is 0.495 e. The monoisotopic (exact) mass is 501 g/mol. The van der Waals surface area contributed by atoms with Crippen LogP contribution in [-0.2, 0) is 22.4 Å². The second-order valence-corrected chi connectivity index (χ2v) is 9.19. The molecule has 1 atom stereocenters. The van der Waals surface area contributed by atoms with Gasteiger partial charge in [0.15, 0.2) is 5.78 Å². The number of hydrogen-bond acceptors (Lipinski definition) is 5. The Kier molecular flexibility index (Phi) is 8.08. The highest BCUT2D eigenvalue weighted by molar-refractivity contribution is 6.04. The normalized spacial score (nSPS) is 13.0. The number of benzene rings is 3. The van der Waals surface area contributed by atoms with E-state index in [1.165, 1.54) is 7.11 Å². The number of carbonyl (C=O) groups is 3. The third-order valence-corrected chi connectivity index (χ3v) is 6.49. The highest BCUT2D eigenvalue weighted by atomic mass is 16.5. The summed E-state index contributed by atoms with van der Waals surface area (Å²) in [6.07, 6.45) is 1.11. The second-order valence-electron chi connectivity index (χ2n) is 9.19. The molecular weight excluding hydrogens is 470 g/mol. The van der Waals surface area contributed by atoms with Crippen molar-refractivity contribution >= 4 is 34.8 Å². The van der Waals surface area contributed by atoms with Gasteiger partial charge in [-0.3, -0.25) is 14.5 Å². The molecule has 4 rings (SSSR count). The molecule has 2 amide bonds. The molecule has 0 spiro atoms. The van der Waals surface area contributed by atoms with Gasteiger partial charge in [-0.05, 0) is 59.4 Å². The number of carboxylic acid groups (broad SMARTS) is 1. The first kappa shape index (κ1) is 25.8. The first-order valence-electron chi connectivity index (χ1n) is 12.2. The van der Waals surface area contributed by atoms with Crippen LogP contribution in [-0.4, -0.2) is 43.1 Å². The zero-order chi connectivity index (χ0) is 26.4. The Morgan fingerprint density at radius 2 is 1.81 bits per heavy atom. The van der Waals surface area contributed by atoms with Crippen LogP contribution < -0.4 is 20.3 Å². The molecule has 0 aliphatic carbocycles. The van der Waals surface area contributed by atoms with E-state index < -0.39 is 5.97 Å². The second kappa shape index (κ2) is 11.6. The molecule has 0 saturated heterocycles. The predicted molar refractivity (Wildman–Crippen MR) is 144 cm³/mol. The molecule has 0 radical (unpaired) electrons. The van der Waals surface area contributed by atoms with Gasteiger partial charge < -0.3 is 20.5 Å². The maximum absolute atomic E-state index is 12.9. The third-order valence-electron chi connectivity index (χ3n) is 6.49. The molecule has 0 bridgehead atoms. The molecule has 192 valence electrons. The van der Waals surface area contributed by atoms with Gasteiger partial charge in [-0.25, -0.2) is 4.79 Å². The van der Waals surface area contributed by atoms with Crippen LogP contribution in [0.3, 0.4) is 0 Å². The first-order valence-corrected chi connectivity index (χ1v) is 12.2. The van der Waals surface area contributed by atoms with Crippen LogP contribution in [0.5, 0.6) is 5.75 Å². The van der Waals surface area contributed by atoms with Crippen LogP contribution in [0.1, 0.15) is 36.0 Å². The van der Waals surface area contributed by atoms with Crippen molar-refractivity contribution < 1.29 is 24.2 Å². The molecule has 8 heteroatoms. The molecule has 0 aromatic heterocycles. The number of amides is 2. The third kappa shape index (κ3) is 6.46. The minimum atomic E-state index is -0.829. The Bertz CT molecular complexity index is 1290. The van der Waals surface area contributed by atoms with Crippen molar-refractivity contribution in [2.24, 2.45) is 0 Å². The minimum absolute atomic E-state index is 0.00386. The SMILES string of the molecule is COc1cc(CC(=O)CNc2ccc(C(C)CC(=O)O)cc2)ccc1NC(=O)N1CCc2ccccc21. The molecule has 1 heterocycles. The van der Waals surface area contributed by atoms with Crippen LogP contribution >= 0.6 is 0 Å². The maximum atomic E-state index is 12.9. The lowest BCUT2D eigenvalue weighted by Gasteiger charge is -2.19. The zero-order valence-electron chi connectivity index (χ0n) is 21.0. The molecule has 1 aliphatic rings. The Balaban J connectivity index is 1.32. The van der Waals surface area contributed by atoms with Crippen molar-refractivity contribution in [3.63, 3.8) is 0 Å². The lowest BCUT2D eigenvalue weighted by atomic mass is 9.98. The number of aliphatic carboxylic acids is 1. The smallest absolute Gasteiger partial charge is 0.326 e. The molecule has 0 saturated carbocycles. The molecule has 8 nitrogen and oxygen atoms in total. The van der Waals surface area contributed by atoms with Crippen molar-refractivity contribution in [3.05, 3.63) is 83.4 Å². The lowest BCUT2D eigenvalue weighted by Crippen LogP contribution is -2.33. The summed E-state index contributed by atoms with van der Waals surface area (Å²) in [6.45, 7) is 2.65. The number of Topliss-reactive ketones (excluding diaryl/α,β-unsaturated/α-hetero) is 1. The Labute approximate surface area is 216 Å². The summed E-state index contributed by atoms with van der Waals surface area (Å²) in [5, 5.41) is 15.0. The van der Waals surface area contributed by atoms with Gasteiger partial charge in [0.25, 0.3) is 0 Å². The first-order chi connectivity index (χ1) is 17.8. The van der Waals surface area contributed by atoms with E-state index in [1.807, 2.05) is 61.5 Å². The van der Waals surface area contributed by atoms with Gasteiger partial charge in [-0.15, -0.1) is 0 Å². The number of carbonyl (C=O) groups excluding carboxylic acids is 2. The molecular formula is C29H31N3O5. The van der Waals surface area contributed by atoms with Crippen molar-refractivity contribution in [2.45, 2.75) is 32.1 Å². The van der Waals surface area contributed by atoms with E-state index in [-0.39, 0.29) is 37.1 Å². The number of methoxy groups -OCH3 is 1. The number of nitrogens with zero attached hydrogens (tertiary/aromatic N) is 1. The quantitative estimate of drug-likeness (QED) is 0.357. The molecule has 3 aromatic rings. The fourth-order valence-corrected chi connectivity index (χ4v) is 4.48. The number of nitrogens with one attached hydrogen (secondary N) is 2. The highest BCUT2D eigenvalue weighted by Gasteiger charge is 2.25. The summed E-state index contributed by atoms with van der Waals surface area (Å²) >= 11 is 0. The van der Waals surface area contributed by atoms with Gasteiger partial charge in [-0.1, -0.05) is 43.3 Å². The van der Waals surface area contributed by atoms with E-state index in [0.717, 1.165) is 34.5 Å². The van der Waals surface area contributed by atoms with Gasteiger partial charge in [0.2, 0.25) is 0 Å². The van der Waals surface area contributed by atoms with Crippen molar-refractivity contribution in [1.82, 2.24) is 0 Å². The van der Waals surface area contributed by atoms with Crippen molar-refractivity contribution in [3.8, 4) is 5.75 Å². The van der Waals surface area contributed by atoms with E-state index >= 15 is 0 Å². The summed E-state index contributed by atoms with van der Waals surface area (Å²) < 4.78 is 5.49. The zero-order valence-corrected chi connectivity index (χ0v) is 21.0. The van der Waals surface area contributed by atoms with Crippen molar-refractivity contribution in [1.29, 1.82) is 0 Å². The molecule has 3 N–H and O–H groups in total. The number of anilines is 3. The van der Waals surface area contributed by atoms with E-state index in [0.29, 0.717) is 18.0 Å². The van der Waals surface area contributed by atoms with Crippen LogP contribution in [0, 0.1) is 0 Å². The summed E-state index contributed by atoms with van der Waals surface area (Å²) in [5.41, 5.74) is 5.12. The van der Waals surface area contributed by atoms with Gasteiger partial charge in [0.05, 0.1) is 25.8 Å². The summed E-state index contributed by atoms with van der Waals surface area (Å²) in [5.74, 6) is -0.423. The minimum Gasteiger partial charge on any atom is -0.495 e. The predicted octanol–water partition coefficient (Wildman–Crippen LogP) is 5.09. The van der Waals surface area contributed by atoms with Gasteiger partial charge in [-0.2, -0.15) is 0 Å². The number of para-hydroxylation sites is 1. The summed E-state index contributed by atoms with van der Waals surface area (Å²) in [7, 11) is 1.53. The number of ether oxygens (including phenoxy) is 1. The van der Waals surface area contributed by atoms with Crippen LogP contribution in [0.4, 0.5) is 21.9 Å². The maximum Gasteiger partial charge on any atom is 0.326 e. The van der Waals surface area contributed by atoms with Crippen LogP contribution in [0.15, 0.2) is 66.7 Å². The van der Waals surface area contributed by atoms with Gasteiger partial charge in [0.1, 0.15) is 5.75 Å². The number of rotatable bonds is 10. The fraction of sp³-hybridized carbons (Fsp3) is 0.276. The van der Waals surface area contributed by atoms with Crippen LogP contribution in [0.25, 0.3) is 0 Å². The number of hydrogen-bond donors (Lipinski definition) is 3. The number of carboxylic acids is 1.